The molecule has 2 aromatic carbocycles. The van der Waals surface area contributed by atoms with Gasteiger partial charge in [0.25, 0.3) is 0 Å². The van der Waals surface area contributed by atoms with Gasteiger partial charge in [-0.1, -0.05) is 30.8 Å². The van der Waals surface area contributed by atoms with Crippen molar-refractivity contribution in [3.63, 3.8) is 0 Å². The Morgan fingerprint density at radius 3 is 2.79 bits per heavy atom. The number of pyridine rings is 1. The molecule has 1 amide bonds. The summed E-state index contributed by atoms with van der Waals surface area (Å²) in [6.45, 7) is 10.2. The minimum Gasteiger partial charge on any atom is -0.508 e. The molecule has 9 nitrogen and oxygen atoms in total. The molecule has 4 heterocycles. The van der Waals surface area contributed by atoms with E-state index in [4.69, 9.17) is 9.72 Å². The summed E-state index contributed by atoms with van der Waals surface area (Å²) in [6, 6.07) is 14.4. The Hall–Kier alpha value is -4.29. The molecule has 3 aromatic rings. The molecule has 1 N–H and O–H groups in total. The summed E-state index contributed by atoms with van der Waals surface area (Å²) in [5.41, 5.74) is 4.27. The fraction of sp³-hybridized carbons (Fsp3) is 0.424. The third kappa shape index (κ3) is 5.12. The third-order valence-corrected chi connectivity index (χ3v) is 9.06. The van der Waals surface area contributed by atoms with E-state index in [-0.39, 0.29) is 17.7 Å². The number of rotatable bonds is 6. The number of carbonyl (C=O) groups excluding carboxylic acids is 1. The molecule has 2 fully saturated rings. The zero-order valence-corrected chi connectivity index (χ0v) is 24.4. The Balaban J connectivity index is 1.39. The predicted octanol–water partition coefficient (Wildman–Crippen LogP) is 4.07. The number of carbonyl (C=O) groups is 1. The zero-order chi connectivity index (χ0) is 29.4. The summed E-state index contributed by atoms with van der Waals surface area (Å²) in [5.74, 6) is 0.540. The van der Waals surface area contributed by atoms with Crippen molar-refractivity contribution in [2.45, 2.75) is 44.8 Å². The van der Waals surface area contributed by atoms with Gasteiger partial charge in [-0.05, 0) is 57.3 Å². The van der Waals surface area contributed by atoms with Crippen LogP contribution in [0.3, 0.4) is 0 Å². The number of amides is 1. The molecule has 3 aliphatic heterocycles. The lowest BCUT2D eigenvalue weighted by Gasteiger charge is -2.42. The van der Waals surface area contributed by atoms with Crippen molar-refractivity contribution in [2.24, 2.45) is 0 Å². The number of hydrogen-bond acceptors (Lipinski definition) is 8. The Morgan fingerprint density at radius 1 is 1.21 bits per heavy atom. The van der Waals surface area contributed by atoms with Gasteiger partial charge in [-0.25, -0.2) is 4.98 Å². The molecule has 3 aliphatic rings. The van der Waals surface area contributed by atoms with Crippen LogP contribution in [0.15, 0.2) is 49.1 Å². The quantitative estimate of drug-likeness (QED) is 0.446. The first-order valence-corrected chi connectivity index (χ1v) is 14.8. The maximum absolute atomic E-state index is 12.4. The van der Waals surface area contributed by atoms with Crippen LogP contribution in [-0.4, -0.2) is 84.3 Å². The van der Waals surface area contributed by atoms with E-state index < -0.39 is 0 Å². The first-order chi connectivity index (χ1) is 20.4. The summed E-state index contributed by atoms with van der Waals surface area (Å²) in [6.07, 6.45) is 4.26. The molecule has 9 heteroatoms. The van der Waals surface area contributed by atoms with E-state index in [1.807, 2.05) is 36.1 Å². The highest BCUT2D eigenvalue weighted by atomic mass is 16.5. The van der Waals surface area contributed by atoms with Crippen LogP contribution in [0.5, 0.6) is 11.6 Å². The van der Waals surface area contributed by atoms with Crippen LogP contribution in [0.4, 0.5) is 11.4 Å². The minimum atomic E-state index is -0.0712. The number of aromatic hydroxyl groups is 1. The normalized spacial score (nSPS) is 20.8. The topological polar surface area (TPSA) is 96.2 Å². The van der Waals surface area contributed by atoms with Crippen molar-refractivity contribution in [1.29, 1.82) is 5.26 Å². The number of likely N-dealkylation sites (tertiary alicyclic amines) is 1. The molecule has 42 heavy (non-hydrogen) atoms. The van der Waals surface area contributed by atoms with Crippen LogP contribution in [0, 0.1) is 11.3 Å². The largest absolute Gasteiger partial charge is 0.508 e. The zero-order valence-electron chi connectivity index (χ0n) is 24.4. The molecule has 6 rings (SSSR count). The average Bonchev–Trinajstić information content (AvgIpc) is 3.42. The van der Waals surface area contributed by atoms with E-state index in [9.17, 15) is 15.2 Å². The molecule has 2 saturated heterocycles. The molecule has 1 aromatic heterocycles. The molecule has 2 atom stereocenters. The van der Waals surface area contributed by atoms with E-state index in [0.29, 0.717) is 56.7 Å². The van der Waals surface area contributed by atoms with Crippen molar-refractivity contribution in [3.8, 4) is 17.7 Å². The summed E-state index contributed by atoms with van der Waals surface area (Å²) in [5, 5.41) is 23.1. The van der Waals surface area contributed by atoms with Crippen molar-refractivity contribution in [2.75, 3.05) is 56.2 Å². The van der Waals surface area contributed by atoms with Gasteiger partial charge in [-0.2, -0.15) is 5.26 Å². The molecule has 0 aliphatic carbocycles. The number of likely N-dealkylation sites (N-methyl/N-ethyl adjacent to an activating group) is 1. The Morgan fingerprint density at radius 2 is 2.05 bits per heavy atom. The van der Waals surface area contributed by atoms with E-state index in [2.05, 4.69) is 40.5 Å². The summed E-state index contributed by atoms with van der Waals surface area (Å²) in [7, 11) is 2.11. The summed E-state index contributed by atoms with van der Waals surface area (Å²) < 4.78 is 6.38. The van der Waals surface area contributed by atoms with Gasteiger partial charge in [-0.15, -0.1) is 0 Å². The lowest BCUT2D eigenvalue weighted by Crippen LogP contribution is -2.54. The highest BCUT2D eigenvalue weighted by molar-refractivity contribution is 5.96. The molecule has 0 unspecified atom stereocenters. The van der Waals surface area contributed by atoms with Crippen LogP contribution < -0.4 is 14.5 Å². The maximum atomic E-state index is 12.4. The van der Waals surface area contributed by atoms with Gasteiger partial charge in [0.05, 0.1) is 17.9 Å². The van der Waals surface area contributed by atoms with Gasteiger partial charge < -0.3 is 29.4 Å². The highest BCUT2D eigenvalue weighted by Gasteiger charge is 2.34. The monoisotopic (exact) mass is 566 g/mol. The van der Waals surface area contributed by atoms with Crippen LogP contribution in [0.2, 0.25) is 0 Å². The predicted molar refractivity (Wildman–Crippen MR) is 164 cm³/mol. The SMILES string of the molecule is C=CC(=O)N1CCN(c2c(C#N)c(OC[C@@H]3CCCN3C)nc3c2CCN(c2cc(O)cc4ccccc24)C3)C[C@H]1C. The summed E-state index contributed by atoms with van der Waals surface area (Å²) >= 11 is 0. The standard InChI is InChI=1S/C33H38N6O3/c1-4-31(41)39-15-14-38(19-22(39)2)32-27-11-13-37(30-17-25(40)16-23-8-5-6-10-26(23)30)20-29(27)35-33(28(32)18-34)42-21-24-9-7-12-36(24)3/h4-6,8,10,16-17,22,24,40H,1,7,9,11-15,19-21H2,2-3H3/t22-,24+/m1/s1. The van der Waals surface area contributed by atoms with Crippen molar-refractivity contribution < 1.29 is 14.6 Å². The summed E-state index contributed by atoms with van der Waals surface area (Å²) in [4.78, 5) is 26.1. The molecule has 218 valence electrons. The number of piperazine rings is 1. The van der Waals surface area contributed by atoms with E-state index in [1.54, 1.807) is 6.07 Å². The number of fused-ring (bicyclic) bond motifs is 2. The number of nitrogens with zero attached hydrogens (tertiary/aromatic N) is 6. The second kappa shape index (κ2) is 11.5. The van der Waals surface area contributed by atoms with E-state index in [1.165, 1.54) is 6.08 Å². The Labute approximate surface area is 247 Å². The van der Waals surface area contributed by atoms with Crippen molar-refractivity contribution in [3.05, 3.63) is 65.9 Å². The van der Waals surface area contributed by atoms with Gasteiger partial charge in [0.15, 0.2) is 0 Å². The Bertz CT molecular complexity index is 1570. The number of nitriles is 1. The van der Waals surface area contributed by atoms with Crippen LogP contribution >= 0.6 is 0 Å². The first kappa shape index (κ1) is 27.9. The molecule has 0 radical (unpaired) electrons. The molecule has 0 saturated carbocycles. The van der Waals surface area contributed by atoms with E-state index >= 15 is 0 Å². The number of ether oxygens (including phenoxy) is 1. The minimum absolute atomic E-state index is 0.0325. The van der Waals surface area contributed by atoms with Crippen LogP contribution in [0.25, 0.3) is 10.8 Å². The van der Waals surface area contributed by atoms with Crippen molar-refractivity contribution >= 4 is 28.1 Å². The van der Waals surface area contributed by atoms with Crippen LogP contribution in [-0.2, 0) is 17.8 Å². The second-order valence-electron chi connectivity index (χ2n) is 11.7. The number of phenolic OH excluding ortho intramolecular Hbond substituents is 1. The number of benzene rings is 2. The van der Waals surface area contributed by atoms with Crippen molar-refractivity contribution in [1.82, 2.24) is 14.8 Å². The smallest absolute Gasteiger partial charge is 0.246 e. The fourth-order valence-corrected chi connectivity index (χ4v) is 6.80. The van der Waals surface area contributed by atoms with Gasteiger partial charge in [-0.3, -0.25) is 4.79 Å². The van der Waals surface area contributed by atoms with Gasteiger partial charge in [0.1, 0.15) is 24.0 Å². The van der Waals surface area contributed by atoms with Gasteiger partial charge in [0, 0.05) is 61.0 Å². The molecule has 0 spiro atoms. The number of anilines is 2. The lowest BCUT2D eigenvalue weighted by molar-refractivity contribution is -0.128. The first-order valence-electron chi connectivity index (χ1n) is 14.8. The lowest BCUT2D eigenvalue weighted by atomic mass is 9.96. The molecule has 0 bridgehead atoms. The van der Waals surface area contributed by atoms with Crippen LogP contribution in [0.1, 0.15) is 36.6 Å². The number of phenols is 1. The molecular formula is C33H38N6O3. The van der Waals surface area contributed by atoms with Gasteiger partial charge in [0.2, 0.25) is 11.8 Å². The van der Waals surface area contributed by atoms with E-state index in [0.717, 1.165) is 59.3 Å². The highest BCUT2D eigenvalue weighted by Crippen LogP contribution is 2.40. The third-order valence-electron chi connectivity index (χ3n) is 9.06. The number of aromatic nitrogens is 1. The average molecular weight is 567 g/mol. The fourth-order valence-electron chi connectivity index (χ4n) is 6.80. The van der Waals surface area contributed by atoms with Gasteiger partial charge >= 0.3 is 0 Å². The molecular weight excluding hydrogens is 528 g/mol. The second-order valence-corrected chi connectivity index (χ2v) is 11.7. The Kier molecular flexibility index (Phi) is 7.65. The maximum Gasteiger partial charge on any atom is 0.246 e. The number of hydrogen-bond donors (Lipinski definition) is 1.